The molecule has 37 heavy (non-hydrogen) atoms. The lowest BCUT2D eigenvalue weighted by Crippen LogP contribution is -2.29. The van der Waals surface area contributed by atoms with Crippen LogP contribution in [-0.4, -0.2) is 29.4 Å². The van der Waals surface area contributed by atoms with E-state index in [0.29, 0.717) is 29.2 Å². The van der Waals surface area contributed by atoms with E-state index in [1.54, 1.807) is 31.2 Å². The van der Waals surface area contributed by atoms with Crippen LogP contribution in [0.1, 0.15) is 36.6 Å². The second kappa shape index (κ2) is 10.6. The Hall–Kier alpha value is -4.61. The van der Waals surface area contributed by atoms with E-state index < -0.39 is 29.5 Å². The molecule has 1 aliphatic rings. The molecule has 1 unspecified atom stereocenters. The first kappa shape index (κ1) is 25.5. The van der Waals surface area contributed by atoms with Crippen LogP contribution in [0.2, 0.25) is 5.02 Å². The van der Waals surface area contributed by atoms with Crippen molar-refractivity contribution in [2.75, 3.05) is 11.5 Å². The zero-order valence-electron chi connectivity index (χ0n) is 19.9. The molecule has 0 spiro atoms. The van der Waals surface area contributed by atoms with Crippen LogP contribution in [0.5, 0.6) is 11.5 Å². The second-order valence-corrected chi connectivity index (χ2v) is 8.48. The van der Waals surface area contributed by atoms with Gasteiger partial charge in [-0.05, 0) is 67.1 Å². The fraction of sp³-hybridized carbons (Fsp3) is 0.143. The number of halogens is 1. The van der Waals surface area contributed by atoms with E-state index in [1.165, 1.54) is 54.3 Å². The van der Waals surface area contributed by atoms with Gasteiger partial charge in [0.05, 0.1) is 34.9 Å². The van der Waals surface area contributed by atoms with Gasteiger partial charge in [0.2, 0.25) is 0 Å². The van der Waals surface area contributed by atoms with Gasteiger partial charge >= 0.3 is 5.97 Å². The van der Waals surface area contributed by atoms with Crippen molar-refractivity contribution in [3.8, 4) is 17.6 Å². The normalized spacial score (nSPS) is 16.4. The summed E-state index contributed by atoms with van der Waals surface area (Å²) >= 11 is 6.37. The third kappa shape index (κ3) is 5.03. The Bertz CT molecular complexity index is 1470. The molecule has 1 N–H and O–H groups in total. The van der Waals surface area contributed by atoms with Crippen LogP contribution in [0.15, 0.2) is 72.3 Å². The third-order valence-electron chi connectivity index (χ3n) is 5.66. The first-order chi connectivity index (χ1) is 17.7. The Morgan fingerprint density at radius 2 is 1.81 bits per heavy atom. The van der Waals surface area contributed by atoms with E-state index in [2.05, 4.69) is 0 Å². The minimum absolute atomic E-state index is 0.117. The number of amides is 1. The summed E-state index contributed by atoms with van der Waals surface area (Å²) in [6, 6.07) is 18.0. The fourth-order valence-electron chi connectivity index (χ4n) is 4.11. The van der Waals surface area contributed by atoms with E-state index in [4.69, 9.17) is 26.3 Å². The van der Waals surface area contributed by atoms with E-state index in [-0.39, 0.29) is 21.9 Å². The molecular weight excluding hydrogens is 496 g/mol. The van der Waals surface area contributed by atoms with Crippen LogP contribution >= 0.6 is 11.6 Å². The number of carbonyl (C=O) groups is 3. The first-order valence-corrected chi connectivity index (χ1v) is 11.6. The topological polar surface area (TPSA) is 117 Å². The van der Waals surface area contributed by atoms with Gasteiger partial charge in [0, 0.05) is 18.2 Å². The van der Waals surface area contributed by atoms with E-state index in [9.17, 15) is 19.5 Å². The third-order valence-corrected chi connectivity index (χ3v) is 5.99. The summed E-state index contributed by atoms with van der Waals surface area (Å²) < 4.78 is 10.7. The quantitative estimate of drug-likeness (QED) is 0.158. The number of anilines is 1. The minimum Gasteiger partial charge on any atom is -0.507 e. The molecule has 0 aliphatic carbocycles. The Labute approximate surface area is 217 Å². The Kier molecular flexibility index (Phi) is 7.27. The molecule has 0 aromatic heterocycles. The minimum atomic E-state index is -1.09. The predicted molar refractivity (Wildman–Crippen MR) is 136 cm³/mol. The van der Waals surface area contributed by atoms with E-state index in [0.717, 1.165) is 0 Å². The van der Waals surface area contributed by atoms with Crippen LogP contribution in [0, 0.1) is 11.3 Å². The monoisotopic (exact) mass is 516 g/mol. The maximum atomic E-state index is 13.4. The van der Waals surface area contributed by atoms with Gasteiger partial charge in [-0.3, -0.25) is 19.3 Å². The summed E-state index contributed by atoms with van der Waals surface area (Å²) in [5, 5.41) is 20.7. The van der Waals surface area contributed by atoms with Crippen molar-refractivity contribution < 1.29 is 29.0 Å². The molecule has 1 fully saturated rings. The Morgan fingerprint density at radius 1 is 1.08 bits per heavy atom. The van der Waals surface area contributed by atoms with Crippen LogP contribution in [0.3, 0.4) is 0 Å². The maximum absolute atomic E-state index is 13.4. The number of nitrogens with zero attached hydrogens (tertiary/aromatic N) is 2. The molecule has 1 amide bonds. The number of ketones is 1. The van der Waals surface area contributed by atoms with Crippen molar-refractivity contribution in [2.24, 2.45) is 0 Å². The van der Waals surface area contributed by atoms with Gasteiger partial charge in [-0.15, -0.1) is 0 Å². The van der Waals surface area contributed by atoms with Gasteiger partial charge in [0.15, 0.2) is 0 Å². The zero-order chi connectivity index (χ0) is 26.7. The standard InChI is InChI=1S/C28H21ClN2O6/c1-3-36-20-11-12-23(29)22(14-20)26(33)24-25(18-5-4-6-21(13-18)37-16(2)32)31(28(35)27(24)34)19-9-7-17(15-30)8-10-19/h4-14,25,33H,3H2,1-2H3/b26-24+. The maximum Gasteiger partial charge on any atom is 0.308 e. The number of carbonyl (C=O) groups excluding carboxylic acids is 3. The van der Waals surface area contributed by atoms with Crippen molar-refractivity contribution in [3.05, 3.63) is 94.0 Å². The Balaban J connectivity index is 1.95. The lowest BCUT2D eigenvalue weighted by Gasteiger charge is -2.26. The number of ether oxygens (including phenoxy) is 2. The van der Waals surface area contributed by atoms with Crippen molar-refractivity contribution in [1.29, 1.82) is 5.26 Å². The number of aliphatic hydroxyl groups excluding tert-OH is 1. The highest BCUT2D eigenvalue weighted by molar-refractivity contribution is 6.52. The molecular formula is C28H21ClN2O6. The first-order valence-electron chi connectivity index (χ1n) is 11.3. The molecule has 8 nitrogen and oxygen atoms in total. The second-order valence-electron chi connectivity index (χ2n) is 8.07. The molecule has 3 aromatic carbocycles. The van der Waals surface area contributed by atoms with E-state index in [1.807, 2.05) is 6.07 Å². The Morgan fingerprint density at radius 3 is 2.46 bits per heavy atom. The highest BCUT2D eigenvalue weighted by Crippen LogP contribution is 2.44. The predicted octanol–water partition coefficient (Wildman–Crippen LogP) is 5.16. The number of rotatable bonds is 6. The van der Waals surface area contributed by atoms with E-state index >= 15 is 0 Å². The summed E-state index contributed by atoms with van der Waals surface area (Å²) in [6.07, 6.45) is 0. The van der Waals surface area contributed by atoms with Gasteiger partial charge in [0.25, 0.3) is 11.7 Å². The highest BCUT2D eigenvalue weighted by Gasteiger charge is 2.47. The largest absolute Gasteiger partial charge is 0.507 e. The number of hydrogen-bond acceptors (Lipinski definition) is 7. The van der Waals surface area contributed by atoms with Crippen LogP contribution in [0.25, 0.3) is 5.76 Å². The van der Waals surface area contributed by atoms with Crippen molar-refractivity contribution >= 4 is 40.7 Å². The van der Waals surface area contributed by atoms with Gasteiger partial charge < -0.3 is 14.6 Å². The molecule has 186 valence electrons. The lowest BCUT2D eigenvalue weighted by atomic mass is 9.94. The summed E-state index contributed by atoms with van der Waals surface area (Å²) in [6.45, 7) is 3.42. The summed E-state index contributed by atoms with van der Waals surface area (Å²) in [4.78, 5) is 39.5. The van der Waals surface area contributed by atoms with Gasteiger partial charge in [0.1, 0.15) is 17.3 Å². The van der Waals surface area contributed by atoms with Crippen molar-refractivity contribution in [3.63, 3.8) is 0 Å². The number of hydrogen-bond donors (Lipinski definition) is 1. The molecule has 3 aromatic rings. The molecule has 0 radical (unpaired) electrons. The van der Waals surface area contributed by atoms with Crippen LogP contribution in [-0.2, 0) is 14.4 Å². The van der Waals surface area contributed by atoms with Gasteiger partial charge in [-0.1, -0.05) is 23.7 Å². The SMILES string of the molecule is CCOc1ccc(Cl)c(/C(O)=C2\C(=O)C(=O)N(c3ccc(C#N)cc3)C2c2cccc(OC(C)=O)c2)c1. The number of nitriles is 1. The van der Waals surface area contributed by atoms with Crippen molar-refractivity contribution in [1.82, 2.24) is 0 Å². The molecule has 9 heteroatoms. The summed E-state index contributed by atoms with van der Waals surface area (Å²) in [5.41, 5.74) is 1.02. The average molecular weight is 517 g/mol. The van der Waals surface area contributed by atoms with Gasteiger partial charge in [-0.2, -0.15) is 5.26 Å². The average Bonchev–Trinajstić information content (AvgIpc) is 3.15. The molecule has 1 aliphatic heterocycles. The van der Waals surface area contributed by atoms with Crippen LogP contribution in [0.4, 0.5) is 5.69 Å². The summed E-state index contributed by atoms with van der Waals surface area (Å²) in [5.74, 6) is -2.22. The molecule has 0 bridgehead atoms. The lowest BCUT2D eigenvalue weighted by molar-refractivity contribution is -0.132. The molecule has 1 saturated heterocycles. The molecule has 0 saturated carbocycles. The molecule has 1 atom stereocenters. The molecule has 4 rings (SSSR count). The highest BCUT2D eigenvalue weighted by atomic mass is 35.5. The number of aliphatic hydroxyl groups is 1. The molecule has 1 heterocycles. The summed E-state index contributed by atoms with van der Waals surface area (Å²) in [7, 11) is 0. The van der Waals surface area contributed by atoms with Gasteiger partial charge in [-0.25, -0.2) is 0 Å². The number of Topliss-reactive ketones (excluding diaryl/α,β-unsaturated/α-hetero) is 1. The van der Waals surface area contributed by atoms with Crippen molar-refractivity contribution in [2.45, 2.75) is 19.9 Å². The fourth-order valence-corrected chi connectivity index (χ4v) is 4.32. The number of esters is 1. The zero-order valence-corrected chi connectivity index (χ0v) is 20.7. The smallest absolute Gasteiger partial charge is 0.308 e. The van der Waals surface area contributed by atoms with Crippen LogP contribution < -0.4 is 14.4 Å². The number of benzene rings is 3.